The molecule has 1 aliphatic carbocycles. The number of hydrogen-bond donors (Lipinski definition) is 0. The summed E-state index contributed by atoms with van der Waals surface area (Å²) < 4.78 is 0. The van der Waals surface area contributed by atoms with E-state index >= 15 is 0 Å². The van der Waals surface area contributed by atoms with Gasteiger partial charge in [0.25, 0.3) is 0 Å². The molecule has 0 aromatic carbocycles. The maximum absolute atomic E-state index is 4.22. The first-order valence-corrected chi connectivity index (χ1v) is 8.35. The molecule has 2 rings (SSSR count). The van der Waals surface area contributed by atoms with E-state index in [9.17, 15) is 0 Å². The summed E-state index contributed by atoms with van der Waals surface area (Å²) in [6.07, 6.45) is 16.6. The van der Waals surface area contributed by atoms with Gasteiger partial charge in [-0.05, 0) is 62.2 Å². The first-order valence-electron chi connectivity index (χ1n) is 8.35. The van der Waals surface area contributed by atoms with E-state index in [-0.39, 0.29) is 0 Å². The van der Waals surface area contributed by atoms with Gasteiger partial charge < -0.3 is 4.90 Å². The second kappa shape index (κ2) is 7.73. The first kappa shape index (κ1) is 17.0. The fourth-order valence-electron chi connectivity index (χ4n) is 3.67. The number of nitrogens with zero attached hydrogens (tertiary/aromatic N) is 2. The molecule has 22 heavy (non-hydrogen) atoms. The molecule has 0 N–H and O–H groups in total. The highest BCUT2D eigenvalue weighted by Gasteiger charge is 2.27. The Morgan fingerprint density at radius 2 is 1.86 bits per heavy atom. The van der Waals surface area contributed by atoms with Crippen LogP contribution in [0.1, 0.15) is 32.3 Å². The average molecular weight is 298 g/mol. The molecule has 0 radical (unpaired) electrons. The van der Waals surface area contributed by atoms with Crippen LogP contribution in [0.15, 0.2) is 48.8 Å². The lowest BCUT2D eigenvalue weighted by atomic mass is 9.74. The monoisotopic (exact) mass is 298 g/mol. The molecule has 0 saturated heterocycles. The van der Waals surface area contributed by atoms with Gasteiger partial charge in [-0.2, -0.15) is 0 Å². The molecule has 0 amide bonds. The van der Waals surface area contributed by atoms with E-state index in [1.807, 2.05) is 18.5 Å². The zero-order chi connectivity index (χ0) is 16.0. The number of rotatable bonds is 7. The van der Waals surface area contributed by atoms with Gasteiger partial charge in [-0.25, -0.2) is 0 Å². The van der Waals surface area contributed by atoms with Crippen molar-refractivity contribution >= 4 is 0 Å². The summed E-state index contributed by atoms with van der Waals surface area (Å²) in [5.41, 5.74) is 1.69. The summed E-state index contributed by atoms with van der Waals surface area (Å²) in [5, 5.41) is 0. The Labute approximate surface area is 135 Å². The van der Waals surface area contributed by atoms with E-state index in [1.165, 1.54) is 18.4 Å². The van der Waals surface area contributed by atoms with E-state index in [0.29, 0.717) is 17.3 Å². The van der Waals surface area contributed by atoms with Crippen LogP contribution in [0.3, 0.4) is 0 Å². The first-order chi connectivity index (χ1) is 10.5. The number of pyridine rings is 1. The molecule has 2 atom stereocenters. The van der Waals surface area contributed by atoms with Gasteiger partial charge in [0.2, 0.25) is 0 Å². The predicted octanol–water partition coefficient (Wildman–Crippen LogP) is 4.35. The summed E-state index contributed by atoms with van der Waals surface area (Å²) in [6, 6.07) is 4.21. The standard InChI is InChI=1S/C20H30N2/c1-20(2,16-22(3)4)14-19-10-6-5-9-18(19)12-11-17-8-7-13-21-15-17/h5-10,13,15,18-19H,11-12,14,16H2,1-4H3. The third-order valence-corrected chi connectivity index (χ3v) is 4.40. The molecule has 2 nitrogen and oxygen atoms in total. The Morgan fingerprint density at radius 3 is 2.50 bits per heavy atom. The summed E-state index contributed by atoms with van der Waals surface area (Å²) in [6.45, 7) is 5.91. The maximum atomic E-state index is 4.22. The molecule has 1 heterocycles. The van der Waals surface area contributed by atoms with Gasteiger partial charge in [-0.15, -0.1) is 0 Å². The van der Waals surface area contributed by atoms with Crippen molar-refractivity contribution in [2.45, 2.75) is 33.1 Å². The van der Waals surface area contributed by atoms with Crippen LogP contribution >= 0.6 is 0 Å². The van der Waals surface area contributed by atoms with Crippen LogP contribution in [-0.2, 0) is 6.42 Å². The van der Waals surface area contributed by atoms with Gasteiger partial charge >= 0.3 is 0 Å². The fraction of sp³-hybridized carbons (Fsp3) is 0.550. The highest BCUT2D eigenvalue weighted by molar-refractivity contribution is 5.16. The van der Waals surface area contributed by atoms with Crippen LogP contribution in [0.2, 0.25) is 0 Å². The van der Waals surface area contributed by atoms with Gasteiger partial charge in [0, 0.05) is 18.9 Å². The normalized spacial score (nSPS) is 21.5. The highest BCUT2D eigenvalue weighted by Crippen LogP contribution is 2.35. The summed E-state index contributed by atoms with van der Waals surface area (Å²) in [7, 11) is 4.33. The number of hydrogen-bond acceptors (Lipinski definition) is 2. The lowest BCUT2D eigenvalue weighted by molar-refractivity contribution is 0.189. The van der Waals surface area contributed by atoms with E-state index < -0.39 is 0 Å². The molecule has 1 aromatic rings. The van der Waals surface area contributed by atoms with Crippen LogP contribution in [-0.4, -0.2) is 30.5 Å². The Morgan fingerprint density at radius 1 is 1.14 bits per heavy atom. The lowest BCUT2D eigenvalue weighted by Crippen LogP contribution is -2.32. The van der Waals surface area contributed by atoms with E-state index in [4.69, 9.17) is 0 Å². The lowest BCUT2D eigenvalue weighted by Gasteiger charge is -2.34. The van der Waals surface area contributed by atoms with Crippen LogP contribution in [0.4, 0.5) is 0 Å². The number of allylic oxidation sites excluding steroid dienone is 4. The van der Waals surface area contributed by atoms with Crippen LogP contribution in [0.25, 0.3) is 0 Å². The van der Waals surface area contributed by atoms with Gasteiger partial charge in [0.05, 0.1) is 0 Å². The van der Waals surface area contributed by atoms with Gasteiger partial charge in [0.1, 0.15) is 0 Å². The third kappa shape index (κ3) is 5.42. The molecular weight excluding hydrogens is 268 g/mol. The van der Waals surface area contributed by atoms with Crippen LogP contribution in [0.5, 0.6) is 0 Å². The molecule has 0 aliphatic heterocycles. The smallest absolute Gasteiger partial charge is 0.0299 e. The topological polar surface area (TPSA) is 16.1 Å². The largest absolute Gasteiger partial charge is 0.309 e. The second-order valence-corrected chi connectivity index (χ2v) is 7.60. The van der Waals surface area contributed by atoms with E-state index in [1.54, 1.807) is 0 Å². The summed E-state index contributed by atoms with van der Waals surface area (Å²) >= 11 is 0. The van der Waals surface area contributed by atoms with Crippen molar-refractivity contribution in [2.24, 2.45) is 17.3 Å². The molecule has 0 saturated carbocycles. The van der Waals surface area contributed by atoms with Gasteiger partial charge in [-0.3, -0.25) is 4.98 Å². The van der Waals surface area contributed by atoms with Crippen molar-refractivity contribution in [1.29, 1.82) is 0 Å². The summed E-state index contributed by atoms with van der Waals surface area (Å²) in [5.74, 6) is 1.29. The highest BCUT2D eigenvalue weighted by atomic mass is 15.1. The molecule has 2 heteroatoms. The van der Waals surface area contributed by atoms with E-state index in [0.717, 1.165) is 13.0 Å². The Bertz CT molecular complexity index is 500. The Balaban J connectivity index is 1.94. The van der Waals surface area contributed by atoms with Crippen molar-refractivity contribution in [3.05, 3.63) is 54.4 Å². The third-order valence-electron chi connectivity index (χ3n) is 4.40. The van der Waals surface area contributed by atoms with Crippen molar-refractivity contribution in [2.75, 3.05) is 20.6 Å². The minimum atomic E-state index is 0.343. The zero-order valence-corrected chi connectivity index (χ0v) is 14.5. The Hall–Kier alpha value is -1.41. The second-order valence-electron chi connectivity index (χ2n) is 7.60. The van der Waals surface area contributed by atoms with Crippen molar-refractivity contribution in [3.63, 3.8) is 0 Å². The van der Waals surface area contributed by atoms with Crippen molar-refractivity contribution in [1.82, 2.24) is 9.88 Å². The number of aromatic nitrogens is 1. The minimum Gasteiger partial charge on any atom is -0.309 e. The molecule has 1 aromatic heterocycles. The Kier molecular flexibility index (Phi) is 5.96. The van der Waals surface area contributed by atoms with Crippen LogP contribution in [0, 0.1) is 17.3 Å². The molecular formula is C20H30N2. The quantitative estimate of drug-likeness (QED) is 0.744. The summed E-state index contributed by atoms with van der Waals surface area (Å²) in [4.78, 5) is 6.52. The molecule has 120 valence electrons. The fourth-order valence-corrected chi connectivity index (χ4v) is 3.67. The molecule has 0 fully saturated rings. The van der Waals surface area contributed by atoms with Crippen molar-refractivity contribution < 1.29 is 0 Å². The van der Waals surface area contributed by atoms with Gasteiger partial charge in [-0.1, -0.05) is 44.2 Å². The maximum Gasteiger partial charge on any atom is 0.0299 e. The number of aryl methyl sites for hydroxylation is 1. The van der Waals surface area contributed by atoms with E-state index in [2.05, 4.69) is 68.2 Å². The van der Waals surface area contributed by atoms with Gasteiger partial charge in [0.15, 0.2) is 0 Å². The molecule has 2 unspecified atom stereocenters. The van der Waals surface area contributed by atoms with Crippen molar-refractivity contribution in [3.8, 4) is 0 Å². The van der Waals surface area contributed by atoms with Crippen LogP contribution < -0.4 is 0 Å². The predicted molar refractivity (Wildman–Crippen MR) is 94.8 cm³/mol. The molecule has 0 spiro atoms. The average Bonchev–Trinajstić information content (AvgIpc) is 2.45. The SMILES string of the molecule is CN(C)CC(C)(C)CC1C=CC=CC1CCc1cccnc1. The zero-order valence-electron chi connectivity index (χ0n) is 14.5. The minimum absolute atomic E-state index is 0.343. The molecule has 0 bridgehead atoms. The molecule has 1 aliphatic rings.